The van der Waals surface area contributed by atoms with Gasteiger partial charge in [0.1, 0.15) is 6.04 Å². The monoisotopic (exact) mass is 317 g/mol. The molecule has 0 aliphatic rings. The zero-order chi connectivity index (χ0) is 17.4. The number of carbonyl (C=O) groups is 3. The Bertz CT molecular complexity index is 599. The van der Waals surface area contributed by atoms with E-state index in [1.807, 2.05) is 6.92 Å². The van der Waals surface area contributed by atoms with Crippen LogP contribution in [0.4, 0.5) is 5.69 Å². The van der Waals surface area contributed by atoms with Crippen LogP contribution in [0.2, 0.25) is 0 Å². The van der Waals surface area contributed by atoms with Gasteiger partial charge in [0.2, 0.25) is 17.7 Å². The van der Waals surface area contributed by atoms with Crippen molar-refractivity contribution in [2.45, 2.75) is 26.3 Å². The number of hydrogen-bond donors (Lipinski definition) is 2. The fourth-order valence-corrected chi connectivity index (χ4v) is 2.25. The summed E-state index contributed by atoms with van der Waals surface area (Å²) < 4.78 is 0. The number of nitrogens with one attached hydrogen (secondary N) is 2. The van der Waals surface area contributed by atoms with Crippen molar-refractivity contribution in [3.05, 3.63) is 42.5 Å². The normalized spacial score (nSPS) is 11.3. The molecular weight excluding hydrogens is 294 g/mol. The highest BCUT2D eigenvalue weighted by atomic mass is 16.2. The topological polar surface area (TPSA) is 78.5 Å². The summed E-state index contributed by atoms with van der Waals surface area (Å²) in [6.07, 6.45) is 1.34. The van der Waals surface area contributed by atoms with E-state index in [2.05, 4.69) is 17.2 Å². The first kappa shape index (κ1) is 18.4. The van der Waals surface area contributed by atoms with E-state index in [0.29, 0.717) is 12.2 Å². The SMILES string of the molecule is C=CC(=O)Nc1cccc(CC(=O)N(CC)C(C)C(=O)NC)c1. The number of hydrogen-bond acceptors (Lipinski definition) is 3. The van der Waals surface area contributed by atoms with E-state index in [0.717, 1.165) is 5.56 Å². The largest absolute Gasteiger partial charge is 0.357 e. The van der Waals surface area contributed by atoms with E-state index >= 15 is 0 Å². The highest BCUT2D eigenvalue weighted by Crippen LogP contribution is 2.13. The molecule has 2 N–H and O–H groups in total. The van der Waals surface area contributed by atoms with Crippen LogP contribution in [0.25, 0.3) is 0 Å². The predicted octanol–water partition coefficient (Wildman–Crippen LogP) is 1.34. The van der Waals surface area contributed by atoms with Gasteiger partial charge in [0.05, 0.1) is 6.42 Å². The summed E-state index contributed by atoms with van der Waals surface area (Å²) >= 11 is 0. The molecule has 6 heteroatoms. The standard InChI is InChI=1S/C17H23N3O3/c1-5-15(21)19-14-9-7-8-13(10-14)11-16(22)20(6-2)12(3)17(23)18-4/h5,7-10,12H,1,6,11H2,2-4H3,(H,18,23)(H,19,21). The van der Waals surface area contributed by atoms with Crippen molar-refractivity contribution in [3.8, 4) is 0 Å². The van der Waals surface area contributed by atoms with E-state index in [-0.39, 0.29) is 24.1 Å². The summed E-state index contributed by atoms with van der Waals surface area (Å²) in [5, 5.41) is 5.20. The Kier molecular flexibility index (Phi) is 6.99. The van der Waals surface area contributed by atoms with Crippen LogP contribution in [0, 0.1) is 0 Å². The Labute approximate surface area is 136 Å². The quantitative estimate of drug-likeness (QED) is 0.745. The molecule has 0 fully saturated rings. The van der Waals surface area contributed by atoms with Crippen molar-refractivity contribution in [3.63, 3.8) is 0 Å². The lowest BCUT2D eigenvalue weighted by atomic mass is 10.1. The van der Waals surface area contributed by atoms with Gasteiger partial charge in [-0.2, -0.15) is 0 Å². The molecule has 0 spiro atoms. The van der Waals surface area contributed by atoms with Crippen molar-refractivity contribution >= 4 is 23.4 Å². The number of carbonyl (C=O) groups excluding carboxylic acids is 3. The first-order valence-corrected chi connectivity index (χ1v) is 7.46. The molecule has 0 aromatic heterocycles. The minimum atomic E-state index is -0.527. The maximum Gasteiger partial charge on any atom is 0.247 e. The average Bonchev–Trinajstić information content (AvgIpc) is 2.54. The van der Waals surface area contributed by atoms with Crippen molar-refractivity contribution < 1.29 is 14.4 Å². The summed E-state index contributed by atoms with van der Waals surface area (Å²) in [5.74, 6) is -0.653. The molecule has 0 aliphatic heterocycles. The van der Waals surface area contributed by atoms with Gasteiger partial charge in [0.25, 0.3) is 0 Å². The van der Waals surface area contributed by atoms with Gasteiger partial charge >= 0.3 is 0 Å². The molecule has 3 amide bonds. The molecule has 23 heavy (non-hydrogen) atoms. The maximum atomic E-state index is 12.4. The Morgan fingerprint density at radius 1 is 1.35 bits per heavy atom. The van der Waals surface area contributed by atoms with Crippen molar-refractivity contribution in [2.75, 3.05) is 18.9 Å². The molecule has 0 saturated heterocycles. The van der Waals surface area contributed by atoms with Crippen LogP contribution in [-0.2, 0) is 20.8 Å². The van der Waals surface area contributed by atoms with E-state index in [1.165, 1.54) is 11.0 Å². The van der Waals surface area contributed by atoms with Crippen LogP contribution in [-0.4, -0.2) is 42.3 Å². The van der Waals surface area contributed by atoms with Crippen LogP contribution in [0.15, 0.2) is 36.9 Å². The number of benzene rings is 1. The summed E-state index contributed by atoms with van der Waals surface area (Å²) in [5.41, 5.74) is 1.36. The molecule has 1 aromatic rings. The van der Waals surface area contributed by atoms with Crippen LogP contribution in [0.5, 0.6) is 0 Å². The molecule has 0 bridgehead atoms. The third kappa shape index (κ3) is 5.25. The summed E-state index contributed by atoms with van der Waals surface area (Å²) in [6.45, 7) is 7.37. The van der Waals surface area contributed by atoms with Crippen molar-refractivity contribution in [2.24, 2.45) is 0 Å². The zero-order valence-corrected chi connectivity index (χ0v) is 13.8. The number of rotatable bonds is 7. The first-order chi connectivity index (χ1) is 10.9. The highest BCUT2D eigenvalue weighted by Gasteiger charge is 2.23. The van der Waals surface area contributed by atoms with Crippen molar-refractivity contribution in [1.29, 1.82) is 0 Å². The summed E-state index contributed by atoms with van der Waals surface area (Å²) in [7, 11) is 1.54. The minimum absolute atomic E-state index is 0.143. The number of anilines is 1. The Balaban J connectivity index is 2.83. The molecule has 0 saturated carbocycles. The second-order valence-electron chi connectivity index (χ2n) is 5.04. The molecule has 6 nitrogen and oxygen atoms in total. The lowest BCUT2D eigenvalue weighted by Crippen LogP contribution is -2.47. The molecule has 0 aliphatic carbocycles. The second-order valence-corrected chi connectivity index (χ2v) is 5.04. The fourth-order valence-electron chi connectivity index (χ4n) is 2.25. The van der Waals surface area contributed by atoms with Crippen LogP contribution >= 0.6 is 0 Å². The maximum absolute atomic E-state index is 12.4. The lowest BCUT2D eigenvalue weighted by molar-refractivity contribution is -0.139. The Morgan fingerprint density at radius 3 is 2.61 bits per heavy atom. The third-order valence-electron chi connectivity index (χ3n) is 3.49. The molecule has 1 unspecified atom stereocenters. The predicted molar refractivity (Wildman–Crippen MR) is 89.9 cm³/mol. The fraction of sp³-hybridized carbons (Fsp3) is 0.353. The van der Waals surface area contributed by atoms with Gasteiger partial charge in [-0.05, 0) is 37.6 Å². The molecular formula is C17H23N3O3. The van der Waals surface area contributed by atoms with Gasteiger partial charge in [0.15, 0.2) is 0 Å². The minimum Gasteiger partial charge on any atom is -0.357 e. The second kappa shape index (κ2) is 8.73. The Morgan fingerprint density at radius 2 is 2.04 bits per heavy atom. The van der Waals surface area contributed by atoms with Crippen LogP contribution in [0.3, 0.4) is 0 Å². The van der Waals surface area contributed by atoms with Gasteiger partial charge in [-0.25, -0.2) is 0 Å². The lowest BCUT2D eigenvalue weighted by Gasteiger charge is -2.26. The molecule has 124 valence electrons. The Hall–Kier alpha value is -2.63. The zero-order valence-electron chi connectivity index (χ0n) is 13.8. The van der Waals surface area contributed by atoms with Gasteiger partial charge in [0, 0.05) is 19.3 Å². The number of likely N-dealkylation sites (N-methyl/N-ethyl adjacent to an activating group) is 2. The van der Waals surface area contributed by atoms with Gasteiger partial charge in [-0.15, -0.1) is 0 Å². The van der Waals surface area contributed by atoms with Gasteiger partial charge in [-0.3, -0.25) is 14.4 Å². The molecule has 1 rings (SSSR count). The third-order valence-corrected chi connectivity index (χ3v) is 3.49. The van der Waals surface area contributed by atoms with Gasteiger partial charge < -0.3 is 15.5 Å². The van der Waals surface area contributed by atoms with Gasteiger partial charge in [-0.1, -0.05) is 18.7 Å². The molecule has 1 aromatic carbocycles. The number of nitrogens with zero attached hydrogens (tertiary/aromatic N) is 1. The van der Waals surface area contributed by atoms with E-state index in [4.69, 9.17) is 0 Å². The smallest absolute Gasteiger partial charge is 0.247 e. The molecule has 0 radical (unpaired) electrons. The van der Waals surface area contributed by atoms with E-state index in [1.54, 1.807) is 38.2 Å². The molecule has 1 atom stereocenters. The highest BCUT2D eigenvalue weighted by molar-refractivity contribution is 5.99. The molecule has 0 heterocycles. The van der Waals surface area contributed by atoms with Crippen LogP contribution in [0.1, 0.15) is 19.4 Å². The first-order valence-electron chi connectivity index (χ1n) is 7.46. The van der Waals surface area contributed by atoms with E-state index in [9.17, 15) is 14.4 Å². The van der Waals surface area contributed by atoms with Crippen molar-refractivity contribution in [1.82, 2.24) is 10.2 Å². The average molecular weight is 317 g/mol. The number of amides is 3. The van der Waals surface area contributed by atoms with Crippen LogP contribution < -0.4 is 10.6 Å². The van der Waals surface area contributed by atoms with E-state index < -0.39 is 6.04 Å². The summed E-state index contributed by atoms with van der Waals surface area (Å²) in [4.78, 5) is 37.0. The summed E-state index contributed by atoms with van der Waals surface area (Å²) in [6, 6.07) is 6.51.